The molecule has 2 aromatic carbocycles. The molecule has 0 aliphatic heterocycles. The van der Waals surface area contributed by atoms with E-state index in [9.17, 15) is 5.11 Å². The monoisotopic (exact) mass is 334 g/mol. The normalized spacial score (nSPS) is 12.9. The van der Waals surface area contributed by atoms with Crippen LogP contribution >= 0.6 is 11.6 Å². The largest absolute Gasteiger partial charge is 0.490 e. The van der Waals surface area contributed by atoms with E-state index in [-0.39, 0.29) is 6.61 Å². The van der Waals surface area contributed by atoms with Crippen LogP contribution in [0.3, 0.4) is 0 Å². The molecule has 0 saturated carbocycles. The van der Waals surface area contributed by atoms with Crippen LogP contribution in [-0.2, 0) is 6.54 Å². The maximum atomic E-state index is 10.3. The van der Waals surface area contributed by atoms with Crippen LogP contribution in [-0.4, -0.2) is 42.9 Å². The maximum absolute atomic E-state index is 10.3. The zero-order valence-electron chi connectivity index (χ0n) is 14.0. The molecular weight excluding hydrogens is 310 g/mol. The fourth-order valence-electron chi connectivity index (χ4n) is 2.73. The third kappa shape index (κ3) is 5.87. The van der Waals surface area contributed by atoms with E-state index < -0.39 is 6.10 Å². The second kappa shape index (κ2) is 7.82. The molecule has 0 fully saturated rings. The molecule has 0 spiro atoms. The summed E-state index contributed by atoms with van der Waals surface area (Å²) < 4.78 is 6.43. The highest BCUT2D eigenvalue weighted by Crippen LogP contribution is 2.22. The molecule has 23 heavy (non-hydrogen) atoms. The molecule has 0 heterocycles. The first-order valence-electron chi connectivity index (χ1n) is 7.79. The van der Waals surface area contributed by atoms with Gasteiger partial charge in [-0.15, -0.1) is 0 Å². The van der Waals surface area contributed by atoms with Crippen molar-refractivity contribution in [3.8, 4) is 5.75 Å². The topological polar surface area (TPSA) is 29.5 Å². The van der Waals surface area contributed by atoms with Gasteiger partial charge in [-0.2, -0.15) is 0 Å². The van der Waals surface area contributed by atoms with Crippen molar-refractivity contribution in [3.05, 3.63) is 64.7 Å². The number of likely N-dealkylation sites (N-methyl/N-ethyl adjacent to an activating group) is 1. The molecule has 124 valence electrons. The van der Waals surface area contributed by atoms with Gasteiger partial charge in [-0.05, 0) is 30.7 Å². The molecule has 2 rings (SSSR count). The summed E-state index contributed by atoms with van der Waals surface area (Å²) in [5.74, 6) is 0.766. The number of benzene rings is 2. The minimum atomic E-state index is -0.524. The van der Waals surface area contributed by atoms with Crippen LogP contribution in [0.15, 0.2) is 48.5 Å². The quantitative estimate of drug-likeness (QED) is 0.783. The van der Waals surface area contributed by atoms with Crippen molar-refractivity contribution < 1.29 is 14.3 Å². The average molecular weight is 335 g/mol. The van der Waals surface area contributed by atoms with E-state index in [2.05, 4.69) is 26.2 Å². The molecule has 0 bridgehead atoms. The molecule has 0 aliphatic carbocycles. The van der Waals surface area contributed by atoms with Crippen LogP contribution in [0, 0.1) is 6.92 Å². The van der Waals surface area contributed by atoms with E-state index in [1.807, 2.05) is 37.3 Å². The molecule has 1 atom stereocenters. The number of ether oxygens (including phenoxy) is 1. The van der Waals surface area contributed by atoms with Crippen molar-refractivity contribution in [2.75, 3.05) is 27.2 Å². The average Bonchev–Trinajstić information content (AvgIpc) is 2.46. The van der Waals surface area contributed by atoms with Gasteiger partial charge in [0.1, 0.15) is 31.5 Å². The zero-order chi connectivity index (χ0) is 16.9. The van der Waals surface area contributed by atoms with Gasteiger partial charge in [-0.25, -0.2) is 0 Å². The molecule has 0 aromatic heterocycles. The molecule has 1 N–H and O–H groups in total. The number of aliphatic hydroxyl groups excluding tert-OH is 1. The number of hydrogen-bond acceptors (Lipinski definition) is 2. The molecule has 3 nitrogen and oxygen atoms in total. The third-order valence-electron chi connectivity index (χ3n) is 3.73. The lowest BCUT2D eigenvalue weighted by molar-refractivity contribution is -0.906. The van der Waals surface area contributed by atoms with Gasteiger partial charge in [0.25, 0.3) is 0 Å². The molecule has 2 aromatic rings. The first kappa shape index (κ1) is 17.8. The Morgan fingerprint density at radius 2 is 1.83 bits per heavy atom. The van der Waals surface area contributed by atoms with Crippen molar-refractivity contribution in [2.45, 2.75) is 19.6 Å². The van der Waals surface area contributed by atoms with Crippen LogP contribution in [0.4, 0.5) is 0 Å². The van der Waals surface area contributed by atoms with E-state index >= 15 is 0 Å². The lowest BCUT2D eigenvalue weighted by Crippen LogP contribution is -2.46. The second-order valence-electron chi connectivity index (χ2n) is 6.64. The standard InChI is InChI=1S/C19H25ClNO2/c1-15-11-17(20)9-10-19(15)23-14-18(22)13-21(2,3)12-16-7-5-4-6-8-16/h4-11,18,22H,12-14H2,1-3H3/q+1/t18-/m0/s1. The minimum absolute atomic E-state index is 0.277. The molecule has 0 saturated heterocycles. The Morgan fingerprint density at radius 3 is 2.48 bits per heavy atom. The lowest BCUT2D eigenvalue weighted by atomic mass is 10.2. The van der Waals surface area contributed by atoms with Crippen LogP contribution in [0.1, 0.15) is 11.1 Å². The fraction of sp³-hybridized carbons (Fsp3) is 0.368. The Labute approximate surface area is 143 Å². The Kier molecular flexibility index (Phi) is 6.05. The van der Waals surface area contributed by atoms with Crippen molar-refractivity contribution in [1.29, 1.82) is 0 Å². The van der Waals surface area contributed by atoms with Crippen LogP contribution in [0.2, 0.25) is 5.02 Å². The molecule has 0 unspecified atom stereocenters. The van der Waals surface area contributed by atoms with Gasteiger partial charge in [-0.3, -0.25) is 0 Å². The van der Waals surface area contributed by atoms with E-state index in [4.69, 9.17) is 16.3 Å². The van der Waals surface area contributed by atoms with Crippen molar-refractivity contribution >= 4 is 11.6 Å². The molecule has 0 radical (unpaired) electrons. The number of hydrogen-bond donors (Lipinski definition) is 1. The Morgan fingerprint density at radius 1 is 1.13 bits per heavy atom. The predicted octanol–water partition coefficient (Wildman–Crippen LogP) is 3.66. The van der Waals surface area contributed by atoms with Gasteiger partial charge in [0.15, 0.2) is 0 Å². The van der Waals surface area contributed by atoms with E-state index in [0.717, 1.165) is 17.9 Å². The molecule has 4 heteroatoms. The van der Waals surface area contributed by atoms with Crippen molar-refractivity contribution in [3.63, 3.8) is 0 Å². The first-order chi connectivity index (χ1) is 10.9. The summed E-state index contributed by atoms with van der Waals surface area (Å²) in [4.78, 5) is 0. The highest BCUT2D eigenvalue weighted by molar-refractivity contribution is 6.30. The fourth-order valence-corrected chi connectivity index (χ4v) is 2.95. The van der Waals surface area contributed by atoms with Gasteiger partial charge in [-0.1, -0.05) is 41.9 Å². The summed E-state index contributed by atoms with van der Waals surface area (Å²) >= 11 is 5.94. The molecule has 0 aliphatic rings. The van der Waals surface area contributed by atoms with Crippen LogP contribution in [0.5, 0.6) is 5.75 Å². The smallest absolute Gasteiger partial charge is 0.137 e. The Bertz CT molecular complexity index is 629. The third-order valence-corrected chi connectivity index (χ3v) is 3.96. The van der Waals surface area contributed by atoms with Gasteiger partial charge in [0.2, 0.25) is 0 Å². The van der Waals surface area contributed by atoms with Gasteiger partial charge >= 0.3 is 0 Å². The zero-order valence-corrected chi connectivity index (χ0v) is 14.8. The number of halogens is 1. The summed E-state index contributed by atoms with van der Waals surface area (Å²) in [6.45, 7) is 3.72. The number of quaternary nitrogens is 1. The highest BCUT2D eigenvalue weighted by atomic mass is 35.5. The first-order valence-corrected chi connectivity index (χ1v) is 8.16. The summed E-state index contributed by atoms with van der Waals surface area (Å²) in [6.07, 6.45) is -0.524. The molecular formula is C19H25ClNO2+. The van der Waals surface area contributed by atoms with E-state index in [0.29, 0.717) is 16.1 Å². The van der Waals surface area contributed by atoms with Gasteiger partial charge in [0, 0.05) is 10.6 Å². The Hall–Kier alpha value is -1.55. The second-order valence-corrected chi connectivity index (χ2v) is 7.07. The van der Waals surface area contributed by atoms with E-state index in [1.54, 1.807) is 6.07 Å². The number of aliphatic hydroxyl groups is 1. The lowest BCUT2D eigenvalue weighted by Gasteiger charge is -2.32. The number of rotatable bonds is 7. The summed E-state index contributed by atoms with van der Waals surface area (Å²) in [7, 11) is 4.23. The summed E-state index contributed by atoms with van der Waals surface area (Å²) in [5, 5.41) is 11.0. The van der Waals surface area contributed by atoms with Gasteiger partial charge in [0.05, 0.1) is 14.1 Å². The van der Waals surface area contributed by atoms with Crippen LogP contribution in [0.25, 0.3) is 0 Å². The summed E-state index contributed by atoms with van der Waals surface area (Å²) in [5.41, 5.74) is 2.24. The SMILES string of the molecule is Cc1cc(Cl)ccc1OC[C@@H](O)C[N+](C)(C)Cc1ccccc1. The Balaban J connectivity index is 1.87. The summed E-state index contributed by atoms with van der Waals surface area (Å²) in [6, 6.07) is 15.8. The van der Waals surface area contributed by atoms with Crippen LogP contribution < -0.4 is 4.74 Å². The van der Waals surface area contributed by atoms with Gasteiger partial charge < -0.3 is 14.3 Å². The van der Waals surface area contributed by atoms with Crippen molar-refractivity contribution in [2.24, 2.45) is 0 Å². The van der Waals surface area contributed by atoms with Crippen molar-refractivity contribution in [1.82, 2.24) is 0 Å². The van der Waals surface area contributed by atoms with E-state index in [1.165, 1.54) is 5.56 Å². The minimum Gasteiger partial charge on any atom is -0.490 e. The number of nitrogens with zero attached hydrogens (tertiary/aromatic N) is 1. The molecule has 0 amide bonds. The highest BCUT2D eigenvalue weighted by Gasteiger charge is 2.21. The number of aryl methyl sites for hydroxylation is 1. The maximum Gasteiger partial charge on any atom is 0.137 e. The predicted molar refractivity (Wildman–Crippen MR) is 94.8 cm³/mol.